The van der Waals surface area contributed by atoms with Gasteiger partial charge in [0.15, 0.2) is 0 Å². The summed E-state index contributed by atoms with van der Waals surface area (Å²) in [6.07, 6.45) is 5.17. The van der Waals surface area contributed by atoms with E-state index in [-0.39, 0.29) is 11.7 Å². The first-order valence-corrected chi connectivity index (χ1v) is 9.07. The maximum atomic E-state index is 13.2. The van der Waals surface area contributed by atoms with Crippen LogP contribution in [0.15, 0.2) is 59.8 Å². The predicted octanol–water partition coefficient (Wildman–Crippen LogP) is 4.70. The van der Waals surface area contributed by atoms with Gasteiger partial charge in [-0.25, -0.2) is 4.39 Å². The van der Waals surface area contributed by atoms with E-state index in [1.165, 1.54) is 23.9 Å². The van der Waals surface area contributed by atoms with Crippen LogP contribution in [-0.2, 0) is 6.54 Å². The largest absolute Gasteiger partial charge is 0.319 e. The molecule has 0 spiro atoms. The minimum atomic E-state index is -0.300. The molecule has 0 aliphatic heterocycles. The summed E-state index contributed by atoms with van der Waals surface area (Å²) in [5.74, 6) is -0.590. The van der Waals surface area contributed by atoms with Gasteiger partial charge in [-0.3, -0.25) is 9.48 Å². The molecule has 0 saturated carbocycles. The molecule has 0 fully saturated rings. The lowest BCUT2D eigenvalue weighted by molar-refractivity contribution is 0.102. The number of halogens is 2. The number of rotatable bonds is 5. The molecule has 0 unspecified atom stereocenters. The summed E-state index contributed by atoms with van der Waals surface area (Å²) in [5.41, 5.74) is 1.75. The average Bonchev–Trinajstić information content (AvgIpc) is 3.02. The van der Waals surface area contributed by atoms with Crippen LogP contribution in [0.5, 0.6) is 0 Å². The number of benzene rings is 2. The monoisotopic (exact) mass is 375 g/mol. The third kappa shape index (κ3) is 4.41. The number of aromatic nitrogens is 2. The Labute approximate surface area is 154 Å². The van der Waals surface area contributed by atoms with E-state index in [0.717, 1.165) is 10.5 Å². The Kier molecular flexibility index (Phi) is 5.40. The van der Waals surface area contributed by atoms with Gasteiger partial charge >= 0.3 is 0 Å². The number of hydrogen-bond acceptors (Lipinski definition) is 3. The SMILES string of the molecule is CSc1ccc(Cl)c(C(=O)Nc2cnn(Cc3cccc(F)c3)c2)c1. The molecule has 1 N–H and O–H groups in total. The maximum Gasteiger partial charge on any atom is 0.257 e. The van der Waals surface area contributed by atoms with E-state index in [1.54, 1.807) is 35.3 Å². The molecular weight excluding hydrogens is 361 g/mol. The highest BCUT2D eigenvalue weighted by atomic mass is 35.5. The van der Waals surface area contributed by atoms with Gasteiger partial charge in [0.25, 0.3) is 5.91 Å². The molecule has 1 heterocycles. The normalized spacial score (nSPS) is 10.7. The minimum absolute atomic E-state index is 0.290. The molecule has 3 rings (SSSR count). The van der Waals surface area contributed by atoms with Gasteiger partial charge in [-0.15, -0.1) is 11.8 Å². The van der Waals surface area contributed by atoms with E-state index >= 15 is 0 Å². The van der Waals surface area contributed by atoms with Crippen molar-refractivity contribution >= 4 is 35.0 Å². The molecule has 1 aromatic heterocycles. The number of carbonyl (C=O) groups excluding carboxylic acids is 1. The molecule has 2 aromatic carbocycles. The zero-order valence-electron chi connectivity index (χ0n) is 13.4. The van der Waals surface area contributed by atoms with E-state index in [4.69, 9.17) is 11.6 Å². The second-order valence-corrected chi connectivity index (χ2v) is 6.64. The van der Waals surface area contributed by atoms with E-state index in [9.17, 15) is 9.18 Å². The van der Waals surface area contributed by atoms with Gasteiger partial charge < -0.3 is 5.32 Å². The standard InChI is InChI=1S/C18H15ClFN3OS/c1-25-15-5-6-17(19)16(8-15)18(24)22-14-9-21-23(11-14)10-12-3-2-4-13(20)7-12/h2-9,11H,10H2,1H3,(H,22,24). The highest BCUT2D eigenvalue weighted by Crippen LogP contribution is 2.24. The smallest absolute Gasteiger partial charge is 0.257 e. The quantitative estimate of drug-likeness (QED) is 0.657. The molecule has 0 bridgehead atoms. The zero-order valence-corrected chi connectivity index (χ0v) is 14.9. The number of nitrogens with zero attached hydrogens (tertiary/aromatic N) is 2. The second-order valence-electron chi connectivity index (χ2n) is 5.36. The summed E-state index contributed by atoms with van der Waals surface area (Å²) in [6, 6.07) is 11.6. The van der Waals surface area contributed by atoms with Crippen molar-refractivity contribution in [2.24, 2.45) is 0 Å². The highest BCUT2D eigenvalue weighted by Gasteiger charge is 2.12. The van der Waals surface area contributed by atoms with Gasteiger partial charge in [-0.05, 0) is 42.2 Å². The van der Waals surface area contributed by atoms with E-state index in [0.29, 0.717) is 22.8 Å². The Balaban J connectivity index is 1.72. The lowest BCUT2D eigenvalue weighted by Gasteiger charge is -2.06. The van der Waals surface area contributed by atoms with Crippen LogP contribution >= 0.6 is 23.4 Å². The molecule has 25 heavy (non-hydrogen) atoms. The van der Waals surface area contributed by atoms with Crippen molar-refractivity contribution < 1.29 is 9.18 Å². The molecule has 4 nitrogen and oxygen atoms in total. The summed E-state index contributed by atoms with van der Waals surface area (Å²) in [7, 11) is 0. The Bertz CT molecular complexity index is 913. The van der Waals surface area contributed by atoms with Crippen molar-refractivity contribution in [3.63, 3.8) is 0 Å². The summed E-state index contributed by atoms with van der Waals surface area (Å²) < 4.78 is 14.9. The molecule has 7 heteroatoms. The van der Waals surface area contributed by atoms with Crippen LogP contribution in [-0.4, -0.2) is 21.9 Å². The second kappa shape index (κ2) is 7.72. The van der Waals surface area contributed by atoms with Crippen molar-refractivity contribution in [2.45, 2.75) is 11.4 Å². The fraction of sp³-hybridized carbons (Fsp3) is 0.111. The van der Waals surface area contributed by atoms with Crippen LogP contribution in [0, 0.1) is 5.82 Å². The minimum Gasteiger partial charge on any atom is -0.319 e. The van der Waals surface area contributed by atoms with Gasteiger partial charge in [-0.1, -0.05) is 23.7 Å². The lowest BCUT2D eigenvalue weighted by Crippen LogP contribution is -2.12. The molecule has 0 atom stereocenters. The molecule has 0 saturated heterocycles. The van der Waals surface area contributed by atoms with Crippen LogP contribution in [0.4, 0.5) is 10.1 Å². The van der Waals surface area contributed by atoms with Crippen LogP contribution in [0.1, 0.15) is 15.9 Å². The Morgan fingerprint density at radius 1 is 1.32 bits per heavy atom. The molecule has 1 amide bonds. The Hall–Kier alpha value is -2.31. The van der Waals surface area contributed by atoms with Crippen LogP contribution in [0.25, 0.3) is 0 Å². The third-order valence-corrected chi connectivity index (χ3v) is 4.60. The predicted molar refractivity (Wildman–Crippen MR) is 98.9 cm³/mol. The van der Waals surface area contributed by atoms with Gasteiger partial charge in [0.05, 0.1) is 29.0 Å². The number of hydrogen-bond donors (Lipinski definition) is 1. The fourth-order valence-electron chi connectivity index (χ4n) is 2.34. The van der Waals surface area contributed by atoms with Crippen molar-refractivity contribution in [3.05, 3.63) is 76.8 Å². The van der Waals surface area contributed by atoms with Gasteiger partial charge in [0.2, 0.25) is 0 Å². The maximum absolute atomic E-state index is 13.2. The summed E-state index contributed by atoms with van der Waals surface area (Å²) >= 11 is 7.65. The van der Waals surface area contributed by atoms with Crippen LogP contribution in [0.3, 0.4) is 0 Å². The van der Waals surface area contributed by atoms with Gasteiger partial charge in [-0.2, -0.15) is 5.10 Å². The Morgan fingerprint density at radius 2 is 2.16 bits per heavy atom. The fourth-order valence-corrected chi connectivity index (χ4v) is 2.98. The topological polar surface area (TPSA) is 46.9 Å². The summed E-state index contributed by atoms with van der Waals surface area (Å²) in [5, 5.41) is 7.36. The van der Waals surface area contributed by atoms with E-state index in [2.05, 4.69) is 10.4 Å². The van der Waals surface area contributed by atoms with Gasteiger partial charge in [0, 0.05) is 11.1 Å². The number of thioether (sulfide) groups is 1. The zero-order chi connectivity index (χ0) is 17.8. The molecule has 0 aliphatic rings. The van der Waals surface area contributed by atoms with Gasteiger partial charge in [0.1, 0.15) is 5.82 Å². The summed E-state index contributed by atoms with van der Waals surface area (Å²) in [6.45, 7) is 0.413. The number of carbonyl (C=O) groups is 1. The molecule has 128 valence electrons. The number of amides is 1. The summed E-state index contributed by atoms with van der Waals surface area (Å²) in [4.78, 5) is 13.4. The third-order valence-electron chi connectivity index (χ3n) is 3.54. The van der Waals surface area contributed by atoms with Crippen molar-refractivity contribution in [1.82, 2.24) is 9.78 Å². The highest BCUT2D eigenvalue weighted by molar-refractivity contribution is 7.98. The van der Waals surface area contributed by atoms with Crippen molar-refractivity contribution in [3.8, 4) is 0 Å². The molecule has 0 aliphatic carbocycles. The molecule has 3 aromatic rings. The Morgan fingerprint density at radius 3 is 2.92 bits per heavy atom. The molecular formula is C18H15ClFN3OS. The van der Waals surface area contributed by atoms with Crippen molar-refractivity contribution in [1.29, 1.82) is 0 Å². The first kappa shape index (κ1) is 17.5. The van der Waals surface area contributed by atoms with E-state index < -0.39 is 0 Å². The first-order chi connectivity index (χ1) is 12.0. The lowest BCUT2D eigenvalue weighted by atomic mass is 10.2. The van der Waals surface area contributed by atoms with Crippen LogP contribution < -0.4 is 5.32 Å². The number of nitrogens with one attached hydrogen (secondary N) is 1. The number of anilines is 1. The van der Waals surface area contributed by atoms with E-state index in [1.807, 2.05) is 18.4 Å². The van der Waals surface area contributed by atoms with Crippen LogP contribution in [0.2, 0.25) is 5.02 Å². The van der Waals surface area contributed by atoms with Crippen molar-refractivity contribution in [2.75, 3.05) is 11.6 Å². The molecule has 0 radical (unpaired) electrons. The average molecular weight is 376 g/mol. The first-order valence-electron chi connectivity index (χ1n) is 7.47.